The number of nitriles is 1. The molecule has 3 aromatic rings. The van der Waals surface area contributed by atoms with Gasteiger partial charge in [0.25, 0.3) is 0 Å². The third-order valence-electron chi connectivity index (χ3n) is 4.68. The fourth-order valence-corrected chi connectivity index (χ4v) is 3.89. The van der Waals surface area contributed by atoms with Crippen molar-refractivity contribution in [2.75, 3.05) is 26.7 Å². The fourth-order valence-electron chi connectivity index (χ4n) is 3.28. The van der Waals surface area contributed by atoms with Gasteiger partial charge in [0.2, 0.25) is 0 Å². The van der Waals surface area contributed by atoms with Gasteiger partial charge < -0.3 is 9.64 Å². The fraction of sp³-hybridized carbons (Fsp3) is 0.316. The van der Waals surface area contributed by atoms with Crippen LogP contribution in [0.5, 0.6) is 6.01 Å². The summed E-state index contributed by atoms with van der Waals surface area (Å²) >= 11 is 3.62. The van der Waals surface area contributed by atoms with E-state index in [4.69, 9.17) is 15.0 Å². The Kier molecular flexibility index (Phi) is 4.62. The molecule has 1 aliphatic rings. The van der Waals surface area contributed by atoms with Gasteiger partial charge in [-0.05, 0) is 48.1 Å². The average Bonchev–Trinajstić information content (AvgIpc) is 3.31. The highest BCUT2D eigenvalue weighted by Crippen LogP contribution is 2.32. The third kappa shape index (κ3) is 3.18. The molecule has 6 nitrogen and oxygen atoms in total. The summed E-state index contributed by atoms with van der Waals surface area (Å²) in [5.41, 5.74) is 3.05. The molecule has 0 N–H and O–H groups in total. The van der Waals surface area contributed by atoms with E-state index in [-0.39, 0.29) is 0 Å². The number of aromatic nitrogens is 3. The monoisotopic (exact) mass is 411 g/mol. The number of halogens is 1. The van der Waals surface area contributed by atoms with E-state index in [2.05, 4.69) is 38.9 Å². The summed E-state index contributed by atoms with van der Waals surface area (Å²) in [6.07, 6.45) is 4.73. The van der Waals surface area contributed by atoms with E-state index in [1.807, 2.05) is 22.7 Å². The number of rotatable bonds is 4. The first kappa shape index (κ1) is 17.0. The molecule has 2 aromatic heterocycles. The second-order valence-electron chi connectivity index (χ2n) is 6.59. The maximum atomic E-state index is 8.99. The maximum Gasteiger partial charge on any atom is 0.302 e. The minimum atomic E-state index is 0.516. The maximum absolute atomic E-state index is 8.99. The van der Waals surface area contributed by atoms with Crippen molar-refractivity contribution in [3.05, 3.63) is 46.7 Å². The molecule has 0 bridgehead atoms. The van der Waals surface area contributed by atoms with E-state index >= 15 is 0 Å². The second kappa shape index (κ2) is 7.06. The first-order valence-electron chi connectivity index (χ1n) is 8.50. The minimum Gasteiger partial charge on any atom is -0.464 e. The number of benzene rings is 1. The molecule has 1 fully saturated rings. The van der Waals surface area contributed by atoms with Gasteiger partial charge in [-0.3, -0.25) is 4.40 Å². The molecular weight excluding hydrogens is 394 g/mol. The van der Waals surface area contributed by atoms with Crippen molar-refractivity contribution in [3.63, 3.8) is 0 Å². The third-order valence-corrected chi connectivity index (χ3v) is 5.41. The summed E-state index contributed by atoms with van der Waals surface area (Å²) in [5.74, 6) is 0.516. The van der Waals surface area contributed by atoms with Gasteiger partial charge in [0.1, 0.15) is 0 Å². The Morgan fingerprint density at radius 3 is 2.85 bits per heavy atom. The number of nitrogens with zero attached hydrogens (tertiary/aromatic N) is 5. The number of imidazole rings is 1. The molecule has 0 unspecified atom stereocenters. The highest BCUT2D eigenvalue weighted by molar-refractivity contribution is 9.10. The molecule has 4 rings (SSSR count). The topological polar surface area (TPSA) is 66.5 Å². The molecule has 0 amide bonds. The Labute approximate surface area is 160 Å². The van der Waals surface area contributed by atoms with Crippen molar-refractivity contribution in [1.82, 2.24) is 19.3 Å². The van der Waals surface area contributed by atoms with Crippen LogP contribution in [-0.4, -0.2) is 46.0 Å². The summed E-state index contributed by atoms with van der Waals surface area (Å²) in [5, 5.41) is 8.99. The van der Waals surface area contributed by atoms with Crippen LogP contribution in [0.2, 0.25) is 0 Å². The molecule has 1 saturated heterocycles. The Balaban J connectivity index is 1.69. The molecule has 7 heteroatoms. The second-order valence-corrected chi connectivity index (χ2v) is 7.39. The Morgan fingerprint density at radius 2 is 2.15 bits per heavy atom. The van der Waals surface area contributed by atoms with Crippen LogP contribution in [-0.2, 0) is 0 Å². The van der Waals surface area contributed by atoms with Crippen LogP contribution >= 0.6 is 15.9 Å². The van der Waals surface area contributed by atoms with Crippen molar-refractivity contribution in [3.8, 4) is 23.3 Å². The molecule has 0 saturated carbocycles. The zero-order chi connectivity index (χ0) is 18.1. The molecule has 1 aliphatic heterocycles. The SMILES string of the molecule is CN1CC[C@@H](COc2nc(-c3ccc(C#N)cc3)c(Br)c3nccn23)C1. The van der Waals surface area contributed by atoms with Crippen molar-refractivity contribution in [2.45, 2.75) is 6.42 Å². The first-order valence-corrected chi connectivity index (χ1v) is 9.29. The molecule has 26 heavy (non-hydrogen) atoms. The molecule has 0 spiro atoms. The summed E-state index contributed by atoms with van der Waals surface area (Å²) < 4.78 is 8.75. The van der Waals surface area contributed by atoms with Crippen LogP contribution in [0.1, 0.15) is 12.0 Å². The molecule has 0 aliphatic carbocycles. The van der Waals surface area contributed by atoms with Crippen LogP contribution in [0.15, 0.2) is 41.1 Å². The molecule has 132 valence electrons. The van der Waals surface area contributed by atoms with E-state index in [1.165, 1.54) is 0 Å². The number of hydrogen-bond donors (Lipinski definition) is 0. The van der Waals surface area contributed by atoms with Gasteiger partial charge in [-0.1, -0.05) is 12.1 Å². The minimum absolute atomic E-state index is 0.516. The smallest absolute Gasteiger partial charge is 0.302 e. The lowest BCUT2D eigenvalue weighted by molar-refractivity contribution is 0.229. The van der Waals surface area contributed by atoms with Crippen molar-refractivity contribution in [1.29, 1.82) is 5.26 Å². The van der Waals surface area contributed by atoms with Crippen molar-refractivity contribution in [2.24, 2.45) is 5.92 Å². The van der Waals surface area contributed by atoms with E-state index in [0.717, 1.165) is 40.9 Å². The zero-order valence-electron chi connectivity index (χ0n) is 14.4. The van der Waals surface area contributed by atoms with Crippen LogP contribution < -0.4 is 4.74 Å². The van der Waals surface area contributed by atoms with Gasteiger partial charge >= 0.3 is 6.01 Å². The average molecular weight is 412 g/mol. The molecule has 1 aromatic carbocycles. The summed E-state index contributed by atoms with van der Waals surface area (Å²) in [6, 6.07) is 10.0. The molecule has 0 radical (unpaired) electrons. The van der Waals surface area contributed by atoms with E-state index < -0.39 is 0 Å². The highest BCUT2D eigenvalue weighted by Gasteiger charge is 2.22. The van der Waals surface area contributed by atoms with Crippen molar-refractivity contribution >= 4 is 21.6 Å². The van der Waals surface area contributed by atoms with Crippen LogP contribution in [0, 0.1) is 17.2 Å². The Morgan fingerprint density at radius 1 is 1.35 bits per heavy atom. The summed E-state index contributed by atoms with van der Waals surface area (Å²) in [6.45, 7) is 2.80. The van der Waals surface area contributed by atoms with E-state index in [1.54, 1.807) is 18.3 Å². The lowest BCUT2D eigenvalue weighted by Gasteiger charge is -2.14. The van der Waals surface area contributed by atoms with Gasteiger partial charge in [0.15, 0.2) is 5.65 Å². The normalized spacial score (nSPS) is 17.5. The van der Waals surface area contributed by atoms with Gasteiger partial charge in [0.05, 0.1) is 28.4 Å². The van der Waals surface area contributed by atoms with Gasteiger partial charge in [0, 0.05) is 30.4 Å². The summed E-state index contributed by atoms with van der Waals surface area (Å²) in [7, 11) is 2.13. The van der Waals surface area contributed by atoms with Crippen LogP contribution in [0.3, 0.4) is 0 Å². The number of ether oxygens (including phenoxy) is 1. The molecular formula is C19H18BrN5O. The van der Waals surface area contributed by atoms with Crippen molar-refractivity contribution < 1.29 is 4.74 Å². The quantitative estimate of drug-likeness (QED) is 0.658. The van der Waals surface area contributed by atoms with Crippen LogP contribution in [0.25, 0.3) is 16.9 Å². The predicted molar refractivity (Wildman–Crippen MR) is 102 cm³/mol. The number of fused-ring (bicyclic) bond motifs is 1. The Bertz CT molecular complexity index is 976. The number of likely N-dealkylation sites (tertiary alicyclic amines) is 1. The largest absolute Gasteiger partial charge is 0.464 e. The standard InChI is InChI=1S/C19H18BrN5O/c1-24-8-6-14(11-24)12-26-19-23-17(15-4-2-13(10-21)3-5-15)16(20)18-22-7-9-25(18)19/h2-5,7,9,14H,6,8,11-12H2,1H3/t14-/m1/s1. The Hall–Kier alpha value is -2.43. The van der Waals surface area contributed by atoms with E-state index in [9.17, 15) is 0 Å². The predicted octanol–water partition coefficient (Wildman–Crippen LogP) is 3.36. The highest BCUT2D eigenvalue weighted by atomic mass is 79.9. The van der Waals surface area contributed by atoms with Gasteiger partial charge in [-0.2, -0.15) is 10.2 Å². The zero-order valence-corrected chi connectivity index (χ0v) is 16.0. The molecule has 3 heterocycles. The van der Waals surface area contributed by atoms with E-state index in [0.29, 0.717) is 24.1 Å². The number of hydrogen-bond acceptors (Lipinski definition) is 5. The van der Waals surface area contributed by atoms with Gasteiger partial charge in [-0.15, -0.1) is 0 Å². The summed E-state index contributed by atoms with van der Waals surface area (Å²) in [4.78, 5) is 11.5. The lowest BCUT2D eigenvalue weighted by atomic mass is 10.1. The van der Waals surface area contributed by atoms with Crippen LogP contribution in [0.4, 0.5) is 0 Å². The first-order chi connectivity index (χ1) is 12.7. The lowest BCUT2D eigenvalue weighted by Crippen LogP contribution is -2.19. The molecule has 1 atom stereocenters. The van der Waals surface area contributed by atoms with Gasteiger partial charge in [-0.25, -0.2) is 4.98 Å².